The van der Waals surface area contributed by atoms with Gasteiger partial charge in [-0.05, 0) is 66.4 Å². The lowest BCUT2D eigenvalue weighted by molar-refractivity contribution is -0.625. The van der Waals surface area contributed by atoms with Gasteiger partial charge in [0.15, 0.2) is 0 Å². The molecule has 0 saturated heterocycles. The molecule has 1 aromatic heterocycles. The summed E-state index contributed by atoms with van der Waals surface area (Å²) in [5.74, 6) is 0.0242. The van der Waals surface area contributed by atoms with Crippen LogP contribution in [0.5, 0.6) is 5.75 Å². The number of hydrogen-bond donors (Lipinski definition) is 3. The Morgan fingerprint density at radius 3 is 2.56 bits per heavy atom. The number of aromatic carboxylic acids is 1. The summed E-state index contributed by atoms with van der Waals surface area (Å²) in [6.07, 6.45) is 1.30. The Balaban J connectivity index is 1.51. The van der Waals surface area contributed by atoms with Crippen LogP contribution in [0, 0.1) is 0 Å². The van der Waals surface area contributed by atoms with Gasteiger partial charge in [0.1, 0.15) is 11.4 Å². The average molecular weight is 523 g/mol. The molecule has 0 aliphatic heterocycles. The molecule has 0 aliphatic carbocycles. The molecule has 0 fully saturated rings. The van der Waals surface area contributed by atoms with Crippen LogP contribution in [0.2, 0.25) is 5.02 Å². The molecule has 0 unspecified atom stereocenters. The van der Waals surface area contributed by atoms with E-state index in [0.717, 1.165) is 17.0 Å². The first-order valence-electron chi connectivity index (χ1n) is 10.6. The van der Waals surface area contributed by atoms with Crippen LogP contribution in [0.15, 0.2) is 83.1 Å². The van der Waals surface area contributed by atoms with Gasteiger partial charge >= 0.3 is 11.1 Å². The van der Waals surface area contributed by atoms with Gasteiger partial charge in [0.2, 0.25) is 0 Å². The molecule has 11 heteroatoms. The lowest BCUT2D eigenvalue weighted by Gasteiger charge is -2.05. The summed E-state index contributed by atoms with van der Waals surface area (Å²) in [6, 6.07) is 21.2. The van der Waals surface area contributed by atoms with Crippen LogP contribution in [0.4, 0.5) is 0 Å². The van der Waals surface area contributed by atoms with Crippen molar-refractivity contribution < 1.29 is 24.0 Å². The number of carboxylic acids is 1. The number of carbonyl (C=O) groups is 2. The topological polar surface area (TPSA) is 121 Å². The molecule has 3 N–H and O–H groups in total. The number of thioether (sulfide) groups is 1. The Morgan fingerprint density at radius 1 is 1.14 bits per heavy atom. The van der Waals surface area contributed by atoms with Crippen molar-refractivity contribution in [3.63, 3.8) is 0 Å². The lowest BCUT2D eigenvalue weighted by Crippen LogP contribution is -2.34. The maximum absolute atomic E-state index is 12.4. The number of benzene rings is 3. The SMILES string of the molecule is COc1ccc(-c2[nH]nc(SCC(=O)N/N=C/c3ccccc3C(=O)O)[n+]2-c2ccc(Cl)cc2)cc1. The number of ether oxygens (including phenoxy) is 1. The molecule has 0 spiro atoms. The minimum Gasteiger partial charge on any atom is -0.497 e. The van der Waals surface area contributed by atoms with Crippen molar-refractivity contribution in [1.82, 2.24) is 15.6 Å². The largest absolute Gasteiger partial charge is 0.497 e. The number of halogens is 1. The summed E-state index contributed by atoms with van der Waals surface area (Å²) in [4.78, 5) is 23.7. The van der Waals surface area contributed by atoms with Crippen LogP contribution in [-0.2, 0) is 4.79 Å². The van der Waals surface area contributed by atoms with E-state index < -0.39 is 5.97 Å². The maximum Gasteiger partial charge on any atom is 0.342 e. The number of methoxy groups -OCH3 is 1. The summed E-state index contributed by atoms with van der Waals surface area (Å²) in [7, 11) is 1.61. The van der Waals surface area contributed by atoms with E-state index in [9.17, 15) is 14.7 Å². The number of amides is 1. The van der Waals surface area contributed by atoms with Gasteiger partial charge in [0.25, 0.3) is 11.7 Å². The highest BCUT2D eigenvalue weighted by Crippen LogP contribution is 2.23. The van der Waals surface area contributed by atoms with E-state index in [1.54, 1.807) is 37.4 Å². The first-order chi connectivity index (χ1) is 17.5. The fraction of sp³-hybridized carbons (Fsp3) is 0.0800. The third-order valence-corrected chi connectivity index (χ3v) is 6.23. The zero-order chi connectivity index (χ0) is 25.5. The van der Waals surface area contributed by atoms with E-state index in [0.29, 0.717) is 21.6 Å². The van der Waals surface area contributed by atoms with Gasteiger partial charge in [-0.2, -0.15) is 9.67 Å². The molecule has 1 amide bonds. The zero-order valence-electron chi connectivity index (χ0n) is 19.0. The van der Waals surface area contributed by atoms with E-state index in [1.165, 1.54) is 24.0 Å². The molecule has 4 aromatic rings. The molecule has 4 rings (SSSR count). The molecule has 3 aromatic carbocycles. The highest BCUT2D eigenvalue weighted by atomic mass is 35.5. The summed E-state index contributed by atoms with van der Waals surface area (Å²) in [5.41, 5.74) is 4.58. The van der Waals surface area contributed by atoms with Crippen LogP contribution in [-0.4, -0.2) is 46.3 Å². The van der Waals surface area contributed by atoms with Gasteiger partial charge in [-0.25, -0.2) is 10.2 Å². The van der Waals surface area contributed by atoms with Crippen molar-refractivity contribution in [3.8, 4) is 22.8 Å². The fourth-order valence-corrected chi connectivity index (χ4v) is 4.19. The molecule has 0 aliphatic rings. The van der Waals surface area contributed by atoms with Crippen molar-refractivity contribution in [2.24, 2.45) is 5.10 Å². The Hall–Kier alpha value is -4.15. The molecule has 0 bridgehead atoms. The molecule has 0 radical (unpaired) electrons. The standard InChI is InChI=1S/C25H20ClN5O4S/c1-35-20-12-6-16(7-13-20)23-29-30-25(31(23)19-10-8-18(26)9-11-19)36-15-22(32)28-27-14-17-4-2-3-5-21(17)24(33)34/h2-14H,15H2,1H3,(H2,28,32,33,34)/p+1/b27-14+. The number of rotatable bonds is 9. The Kier molecular flexibility index (Phi) is 7.99. The van der Waals surface area contributed by atoms with E-state index in [-0.39, 0.29) is 17.2 Å². The molecule has 1 heterocycles. The van der Waals surface area contributed by atoms with Gasteiger partial charge < -0.3 is 9.84 Å². The molecule has 0 saturated carbocycles. The van der Waals surface area contributed by atoms with Crippen molar-refractivity contribution in [2.45, 2.75) is 5.16 Å². The number of hydrazone groups is 1. The number of H-pyrrole nitrogens is 1. The maximum atomic E-state index is 12.4. The van der Waals surface area contributed by atoms with Gasteiger partial charge in [-0.3, -0.25) is 4.79 Å². The van der Waals surface area contributed by atoms with Crippen LogP contribution in [0.1, 0.15) is 15.9 Å². The summed E-state index contributed by atoms with van der Waals surface area (Å²) < 4.78 is 7.14. The Morgan fingerprint density at radius 2 is 1.86 bits per heavy atom. The second kappa shape index (κ2) is 11.5. The number of aromatic amines is 1. The third kappa shape index (κ3) is 5.91. The monoisotopic (exact) mass is 522 g/mol. The van der Waals surface area contributed by atoms with E-state index in [1.807, 2.05) is 41.0 Å². The number of carbonyl (C=O) groups excluding carboxylic acids is 1. The molecular weight excluding hydrogens is 502 g/mol. The summed E-state index contributed by atoms with van der Waals surface area (Å²) >= 11 is 7.29. The number of aromatic nitrogens is 3. The molecular formula is C25H21ClN5O4S+. The number of nitrogens with one attached hydrogen (secondary N) is 2. The van der Waals surface area contributed by atoms with Crippen molar-refractivity contribution in [3.05, 3.63) is 88.9 Å². The molecule has 182 valence electrons. The van der Waals surface area contributed by atoms with Crippen LogP contribution in [0.25, 0.3) is 17.1 Å². The predicted molar refractivity (Wildman–Crippen MR) is 137 cm³/mol. The quantitative estimate of drug-likeness (QED) is 0.132. The minimum atomic E-state index is -1.07. The molecule has 0 atom stereocenters. The Labute approximate surface area is 215 Å². The first-order valence-corrected chi connectivity index (χ1v) is 12.0. The van der Waals surface area contributed by atoms with E-state index in [4.69, 9.17) is 16.3 Å². The van der Waals surface area contributed by atoms with Gasteiger partial charge in [0, 0.05) is 10.6 Å². The lowest BCUT2D eigenvalue weighted by atomic mass is 10.1. The fourth-order valence-electron chi connectivity index (χ4n) is 3.31. The second-order valence-corrected chi connectivity index (χ2v) is 8.75. The summed E-state index contributed by atoms with van der Waals surface area (Å²) in [6.45, 7) is 0. The first kappa shape index (κ1) is 25.0. The Bertz CT molecular complexity index is 1400. The van der Waals surface area contributed by atoms with Crippen LogP contribution in [0.3, 0.4) is 0 Å². The highest BCUT2D eigenvalue weighted by molar-refractivity contribution is 7.99. The zero-order valence-corrected chi connectivity index (χ0v) is 20.6. The third-order valence-electron chi connectivity index (χ3n) is 5.04. The smallest absolute Gasteiger partial charge is 0.342 e. The molecule has 9 nitrogen and oxygen atoms in total. The van der Waals surface area contributed by atoms with Gasteiger partial charge in [0.05, 0.1) is 35.3 Å². The van der Waals surface area contributed by atoms with Crippen molar-refractivity contribution in [2.75, 3.05) is 12.9 Å². The predicted octanol–water partition coefficient (Wildman–Crippen LogP) is 3.96. The minimum absolute atomic E-state index is 0.0262. The normalized spacial score (nSPS) is 10.9. The van der Waals surface area contributed by atoms with E-state index >= 15 is 0 Å². The van der Waals surface area contributed by atoms with Crippen LogP contribution >= 0.6 is 23.4 Å². The van der Waals surface area contributed by atoms with Crippen LogP contribution < -0.4 is 14.7 Å². The van der Waals surface area contributed by atoms with Gasteiger partial charge in [-0.1, -0.05) is 29.8 Å². The number of carboxylic acid groups (broad SMARTS) is 1. The van der Waals surface area contributed by atoms with Gasteiger partial charge in [-0.15, -0.1) is 5.10 Å². The second-order valence-electron chi connectivity index (χ2n) is 7.37. The van der Waals surface area contributed by atoms with Crippen molar-refractivity contribution in [1.29, 1.82) is 0 Å². The number of nitrogens with zero attached hydrogens (tertiary/aromatic N) is 3. The van der Waals surface area contributed by atoms with Crippen molar-refractivity contribution >= 4 is 41.5 Å². The molecule has 36 heavy (non-hydrogen) atoms. The summed E-state index contributed by atoms with van der Waals surface area (Å²) in [5, 5.41) is 21.8. The van der Waals surface area contributed by atoms with E-state index in [2.05, 4.69) is 20.7 Å². The number of hydrogen-bond acceptors (Lipinski definition) is 6. The highest BCUT2D eigenvalue weighted by Gasteiger charge is 2.24. The average Bonchev–Trinajstić information content (AvgIpc) is 3.32.